The predicted molar refractivity (Wildman–Crippen MR) is 79.4 cm³/mol. The molecular weight excluding hydrogens is 298 g/mol. The van der Waals surface area contributed by atoms with E-state index in [1.54, 1.807) is 0 Å². The number of aryl methyl sites for hydroxylation is 1. The van der Waals surface area contributed by atoms with Crippen molar-refractivity contribution >= 4 is 44.7 Å². The van der Waals surface area contributed by atoms with Gasteiger partial charge in [0, 0.05) is 16.3 Å². The number of nitrogens with two attached hydrogens (primary N) is 1. The van der Waals surface area contributed by atoms with Crippen LogP contribution in [0.1, 0.15) is 13.3 Å². The maximum Gasteiger partial charge on any atom is 0.201 e. The normalized spacial score (nSPS) is 13.1. The van der Waals surface area contributed by atoms with Crippen molar-refractivity contribution in [2.24, 2.45) is 0 Å². The minimum absolute atomic E-state index is 0.603. The molecule has 2 N–H and O–H groups in total. The van der Waals surface area contributed by atoms with Crippen molar-refractivity contribution in [2.45, 2.75) is 25.1 Å². The molecule has 0 saturated heterocycles. The molecule has 1 unspecified atom stereocenters. The van der Waals surface area contributed by atoms with Crippen molar-refractivity contribution in [3.8, 4) is 0 Å². The fraction of sp³-hybridized carbons (Fsp3) is 0.417. The summed E-state index contributed by atoms with van der Waals surface area (Å²) in [6.07, 6.45) is 3.24. The molecule has 17 heavy (non-hydrogen) atoms. The van der Waals surface area contributed by atoms with E-state index >= 15 is 0 Å². The molecule has 0 aliphatic rings. The molecule has 1 atom stereocenters. The Morgan fingerprint density at radius 1 is 1.53 bits per heavy atom. The number of halogens is 1. The highest BCUT2D eigenvalue weighted by Gasteiger charge is 2.09. The average Bonchev–Trinajstić information content (AvgIpc) is 2.61. The van der Waals surface area contributed by atoms with Crippen LogP contribution in [0.2, 0.25) is 0 Å². The summed E-state index contributed by atoms with van der Waals surface area (Å²) in [5, 5.41) is 0.641. The zero-order valence-electron chi connectivity index (χ0n) is 9.98. The SMILES string of the molecule is CSC(C)CCn1c(N)nc2cc(Br)ccc21. The number of hydrogen-bond acceptors (Lipinski definition) is 3. The molecule has 5 heteroatoms. The number of fused-ring (bicyclic) bond motifs is 1. The number of hydrogen-bond donors (Lipinski definition) is 1. The highest BCUT2D eigenvalue weighted by molar-refractivity contribution is 9.10. The standard InChI is InChI=1S/C12H16BrN3S/c1-8(17-2)5-6-16-11-4-3-9(13)7-10(11)15-12(16)14/h3-4,7-8H,5-6H2,1-2H3,(H2,14,15). The van der Waals surface area contributed by atoms with Crippen LogP contribution in [0.4, 0.5) is 5.95 Å². The molecule has 0 bridgehead atoms. The predicted octanol–water partition coefficient (Wildman–Crippen LogP) is 3.52. The number of thioether (sulfide) groups is 1. The number of aromatic nitrogens is 2. The van der Waals surface area contributed by atoms with Crippen LogP contribution >= 0.6 is 27.7 Å². The van der Waals surface area contributed by atoms with Crippen LogP contribution in [0.15, 0.2) is 22.7 Å². The summed E-state index contributed by atoms with van der Waals surface area (Å²) < 4.78 is 3.13. The molecule has 1 aromatic carbocycles. The lowest BCUT2D eigenvalue weighted by molar-refractivity contribution is 0.662. The molecule has 0 aliphatic carbocycles. The van der Waals surface area contributed by atoms with E-state index in [-0.39, 0.29) is 0 Å². The summed E-state index contributed by atoms with van der Waals surface area (Å²) in [5.74, 6) is 0.603. The zero-order chi connectivity index (χ0) is 12.4. The molecule has 2 rings (SSSR count). The van der Waals surface area contributed by atoms with Crippen LogP contribution in [0, 0.1) is 0 Å². The Kier molecular flexibility index (Phi) is 3.99. The molecule has 0 spiro atoms. The maximum absolute atomic E-state index is 5.96. The molecule has 2 aromatic rings. The second kappa shape index (κ2) is 5.31. The summed E-state index contributed by atoms with van der Waals surface area (Å²) >= 11 is 5.32. The molecule has 1 heterocycles. The fourth-order valence-electron chi connectivity index (χ4n) is 1.79. The van der Waals surface area contributed by atoms with E-state index in [0.29, 0.717) is 11.2 Å². The number of anilines is 1. The van der Waals surface area contributed by atoms with Crippen LogP contribution in [0.25, 0.3) is 11.0 Å². The monoisotopic (exact) mass is 313 g/mol. The van der Waals surface area contributed by atoms with Gasteiger partial charge in [-0.05, 0) is 30.9 Å². The van der Waals surface area contributed by atoms with Crippen molar-refractivity contribution in [1.82, 2.24) is 9.55 Å². The number of nitrogen functional groups attached to an aromatic ring is 1. The second-order valence-corrected chi connectivity index (χ2v) is 6.28. The van der Waals surface area contributed by atoms with Gasteiger partial charge in [0.05, 0.1) is 11.0 Å². The van der Waals surface area contributed by atoms with Gasteiger partial charge in [-0.1, -0.05) is 22.9 Å². The molecule has 0 radical (unpaired) electrons. The molecule has 92 valence electrons. The number of benzene rings is 1. The Bertz CT molecular complexity index is 524. The minimum Gasteiger partial charge on any atom is -0.369 e. The highest BCUT2D eigenvalue weighted by Crippen LogP contribution is 2.23. The summed E-state index contributed by atoms with van der Waals surface area (Å²) in [7, 11) is 0. The minimum atomic E-state index is 0.603. The Hall–Kier alpha value is -0.680. The summed E-state index contributed by atoms with van der Waals surface area (Å²) in [5.41, 5.74) is 8.02. The van der Waals surface area contributed by atoms with Crippen LogP contribution in [-0.2, 0) is 6.54 Å². The molecule has 3 nitrogen and oxygen atoms in total. The van der Waals surface area contributed by atoms with Gasteiger partial charge in [0.25, 0.3) is 0 Å². The van der Waals surface area contributed by atoms with Crippen molar-refractivity contribution < 1.29 is 0 Å². The van der Waals surface area contributed by atoms with E-state index < -0.39 is 0 Å². The number of imidazole rings is 1. The van der Waals surface area contributed by atoms with Gasteiger partial charge in [-0.3, -0.25) is 0 Å². The topological polar surface area (TPSA) is 43.8 Å². The average molecular weight is 314 g/mol. The number of nitrogens with zero attached hydrogens (tertiary/aromatic N) is 2. The first-order chi connectivity index (χ1) is 8.11. The first-order valence-corrected chi connectivity index (χ1v) is 7.64. The molecule has 0 aliphatic heterocycles. The van der Waals surface area contributed by atoms with Crippen molar-refractivity contribution in [1.29, 1.82) is 0 Å². The van der Waals surface area contributed by atoms with Gasteiger partial charge in [0.2, 0.25) is 5.95 Å². The van der Waals surface area contributed by atoms with E-state index in [1.807, 2.05) is 23.9 Å². The van der Waals surface area contributed by atoms with Gasteiger partial charge >= 0.3 is 0 Å². The van der Waals surface area contributed by atoms with Crippen molar-refractivity contribution in [3.05, 3.63) is 22.7 Å². The van der Waals surface area contributed by atoms with E-state index in [4.69, 9.17) is 5.73 Å². The van der Waals surface area contributed by atoms with Crippen LogP contribution < -0.4 is 5.73 Å². The van der Waals surface area contributed by atoms with Crippen LogP contribution in [-0.4, -0.2) is 21.1 Å². The quantitative estimate of drug-likeness (QED) is 0.939. The second-order valence-electron chi connectivity index (χ2n) is 4.09. The van der Waals surface area contributed by atoms with Crippen molar-refractivity contribution in [3.63, 3.8) is 0 Å². The summed E-state index contributed by atoms with van der Waals surface area (Å²) in [6, 6.07) is 6.09. The molecule has 0 amide bonds. The third-order valence-corrected chi connectivity index (χ3v) is 4.44. The van der Waals surface area contributed by atoms with Gasteiger partial charge in [-0.25, -0.2) is 4.98 Å². The van der Waals surface area contributed by atoms with Gasteiger partial charge in [-0.2, -0.15) is 11.8 Å². The van der Waals surface area contributed by atoms with Gasteiger partial charge < -0.3 is 10.3 Å². The van der Waals surface area contributed by atoms with E-state index in [2.05, 4.69) is 44.7 Å². The Balaban J connectivity index is 2.30. The lowest BCUT2D eigenvalue weighted by atomic mass is 10.3. The third kappa shape index (κ3) is 2.77. The summed E-state index contributed by atoms with van der Waals surface area (Å²) in [4.78, 5) is 4.38. The molecule has 0 fully saturated rings. The van der Waals surface area contributed by atoms with Gasteiger partial charge in [-0.15, -0.1) is 0 Å². The highest BCUT2D eigenvalue weighted by atomic mass is 79.9. The fourth-order valence-corrected chi connectivity index (χ4v) is 2.48. The molecule has 1 aromatic heterocycles. The van der Waals surface area contributed by atoms with Gasteiger partial charge in [0.1, 0.15) is 0 Å². The molecule has 0 saturated carbocycles. The third-order valence-electron chi connectivity index (χ3n) is 2.90. The smallest absolute Gasteiger partial charge is 0.201 e. The Morgan fingerprint density at radius 2 is 2.29 bits per heavy atom. The first-order valence-electron chi connectivity index (χ1n) is 5.56. The Labute approximate surface area is 114 Å². The molecular formula is C12H16BrN3S. The lowest BCUT2D eigenvalue weighted by Gasteiger charge is -2.10. The van der Waals surface area contributed by atoms with E-state index in [1.165, 1.54) is 0 Å². The zero-order valence-corrected chi connectivity index (χ0v) is 12.4. The van der Waals surface area contributed by atoms with E-state index in [9.17, 15) is 0 Å². The number of rotatable bonds is 4. The Morgan fingerprint density at radius 3 is 3.00 bits per heavy atom. The van der Waals surface area contributed by atoms with E-state index in [0.717, 1.165) is 28.5 Å². The van der Waals surface area contributed by atoms with Gasteiger partial charge in [0.15, 0.2) is 0 Å². The van der Waals surface area contributed by atoms with Crippen molar-refractivity contribution in [2.75, 3.05) is 12.0 Å². The van der Waals surface area contributed by atoms with Crippen LogP contribution in [0.5, 0.6) is 0 Å². The first kappa shape index (κ1) is 12.8. The summed E-state index contributed by atoms with van der Waals surface area (Å²) in [6.45, 7) is 3.16. The largest absolute Gasteiger partial charge is 0.369 e. The van der Waals surface area contributed by atoms with Crippen LogP contribution in [0.3, 0.4) is 0 Å². The lowest BCUT2D eigenvalue weighted by Crippen LogP contribution is -2.07. The maximum atomic E-state index is 5.96.